The number of anilines is 1. The lowest BCUT2D eigenvalue weighted by Crippen LogP contribution is -2.29. The van der Waals surface area contributed by atoms with Crippen LogP contribution in [0.25, 0.3) is 0 Å². The Hall–Kier alpha value is -2.13. The minimum absolute atomic E-state index is 0.366. The molecule has 1 aromatic heterocycles. The molecule has 2 aromatic rings. The Labute approximate surface area is 150 Å². The molecule has 126 valence electrons. The van der Waals surface area contributed by atoms with Gasteiger partial charge in [0.1, 0.15) is 11.8 Å². The third kappa shape index (κ3) is 2.63. The number of ether oxygens (including phenoxy) is 2. The van der Waals surface area contributed by atoms with Crippen molar-refractivity contribution in [2.45, 2.75) is 13.0 Å². The van der Waals surface area contributed by atoms with Crippen LogP contribution in [-0.4, -0.2) is 40.4 Å². The standard InChI is InChI=1S/C14H13BrClN5O3/c1-6-10(13(22)24-3)11(21-14(17-6)18-19-20-21)8-4-7(16)5-9(15)12(8)23-2/h4-5,11H,1-3H3,(H,17,18,20)/t11-/m1/s1. The lowest BCUT2D eigenvalue weighted by atomic mass is 9.95. The van der Waals surface area contributed by atoms with E-state index >= 15 is 0 Å². The maximum Gasteiger partial charge on any atom is 0.338 e. The molecule has 0 saturated carbocycles. The quantitative estimate of drug-likeness (QED) is 0.772. The van der Waals surface area contributed by atoms with Crippen LogP contribution in [0.15, 0.2) is 27.9 Å². The molecule has 2 heterocycles. The molecule has 1 aliphatic rings. The van der Waals surface area contributed by atoms with Crippen LogP contribution >= 0.6 is 27.5 Å². The Morgan fingerprint density at radius 1 is 1.42 bits per heavy atom. The van der Waals surface area contributed by atoms with Crippen molar-refractivity contribution in [3.8, 4) is 5.75 Å². The van der Waals surface area contributed by atoms with Gasteiger partial charge in [-0.25, -0.2) is 4.79 Å². The van der Waals surface area contributed by atoms with Gasteiger partial charge in [0.2, 0.25) is 5.95 Å². The van der Waals surface area contributed by atoms with Gasteiger partial charge >= 0.3 is 5.97 Å². The van der Waals surface area contributed by atoms with E-state index in [0.29, 0.717) is 38.0 Å². The van der Waals surface area contributed by atoms with Crippen molar-refractivity contribution in [1.29, 1.82) is 0 Å². The fraction of sp³-hybridized carbons (Fsp3) is 0.286. The second-order valence-corrected chi connectivity index (χ2v) is 6.31. The van der Waals surface area contributed by atoms with E-state index < -0.39 is 12.0 Å². The minimum Gasteiger partial charge on any atom is -0.495 e. The monoisotopic (exact) mass is 413 g/mol. The maximum absolute atomic E-state index is 12.4. The first kappa shape index (κ1) is 16.7. The van der Waals surface area contributed by atoms with Gasteiger partial charge in [0.15, 0.2) is 0 Å². The van der Waals surface area contributed by atoms with Gasteiger partial charge in [-0.3, -0.25) is 0 Å². The van der Waals surface area contributed by atoms with Gasteiger partial charge in [0.05, 0.1) is 24.3 Å². The van der Waals surface area contributed by atoms with Gasteiger partial charge in [-0.15, -0.1) is 0 Å². The SMILES string of the molecule is COC(=O)C1=C(C)Nc2nnnn2[C@@H]1c1cc(Cl)cc(Br)c1OC. The zero-order valence-electron chi connectivity index (χ0n) is 13.0. The topological polar surface area (TPSA) is 91.2 Å². The summed E-state index contributed by atoms with van der Waals surface area (Å²) in [5.74, 6) is 0.439. The number of tetrazole rings is 1. The first-order valence-electron chi connectivity index (χ1n) is 6.84. The highest BCUT2D eigenvalue weighted by Crippen LogP contribution is 2.43. The van der Waals surface area contributed by atoms with E-state index in [4.69, 9.17) is 21.1 Å². The summed E-state index contributed by atoms with van der Waals surface area (Å²) < 4.78 is 12.6. The molecule has 0 spiro atoms. The van der Waals surface area contributed by atoms with Crippen molar-refractivity contribution in [2.24, 2.45) is 0 Å². The minimum atomic E-state index is -0.645. The normalized spacial score (nSPS) is 16.5. The number of carbonyl (C=O) groups is 1. The fourth-order valence-corrected chi connectivity index (χ4v) is 3.67. The molecule has 10 heteroatoms. The summed E-state index contributed by atoms with van der Waals surface area (Å²) in [5, 5.41) is 15.1. The van der Waals surface area contributed by atoms with E-state index in [1.54, 1.807) is 19.1 Å². The third-order valence-electron chi connectivity index (χ3n) is 3.66. The number of rotatable bonds is 3. The molecule has 0 unspecified atom stereocenters. The zero-order chi connectivity index (χ0) is 17.4. The van der Waals surface area contributed by atoms with Crippen molar-refractivity contribution in [1.82, 2.24) is 20.2 Å². The summed E-state index contributed by atoms with van der Waals surface area (Å²) in [7, 11) is 2.85. The van der Waals surface area contributed by atoms with Crippen LogP contribution in [-0.2, 0) is 9.53 Å². The molecule has 1 aliphatic heterocycles. The number of hydrogen-bond donors (Lipinski definition) is 1. The fourth-order valence-electron chi connectivity index (χ4n) is 2.67. The molecule has 0 amide bonds. The lowest BCUT2D eigenvalue weighted by Gasteiger charge is -2.28. The molecule has 0 fully saturated rings. The molecule has 0 radical (unpaired) electrons. The molecule has 1 N–H and O–H groups in total. The Morgan fingerprint density at radius 2 is 2.17 bits per heavy atom. The molecule has 1 atom stereocenters. The summed E-state index contributed by atoms with van der Waals surface area (Å²) in [5.41, 5.74) is 1.59. The Kier molecular flexibility index (Phi) is 4.46. The van der Waals surface area contributed by atoms with Crippen molar-refractivity contribution < 1.29 is 14.3 Å². The predicted molar refractivity (Wildman–Crippen MR) is 90.0 cm³/mol. The third-order valence-corrected chi connectivity index (χ3v) is 4.46. The second kappa shape index (κ2) is 6.40. The molecule has 3 rings (SSSR count). The molecule has 24 heavy (non-hydrogen) atoms. The van der Waals surface area contributed by atoms with Crippen LogP contribution in [0.3, 0.4) is 0 Å². The Balaban J connectivity index is 2.30. The van der Waals surface area contributed by atoms with Crippen LogP contribution in [0, 0.1) is 0 Å². The van der Waals surface area contributed by atoms with Crippen LogP contribution in [0.2, 0.25) is 5.02 Å². The van der Waals surface area contributed by atoms with Crippen molar-refractivity contribution in [3.05, 3.63) is 38.5 Å². The molecule has 0 bridgehead atoms. The number of nitrogens with zero attached hydrogens (tertiary/aromatic N) is 4. The average molecular weight is 415 g/mol. The van der Waals surface area contributed by atoms with E-state index in [1.807, 2.05) is 0 Å². The van der Waals surface area contributed by atoms with Gasteiger partial charge in [-0.2, -0.15) is 4.68 Å². The van der Waals surface area contributed by atoms with Crippen molar-refractivity contribution in [2.75, 3.05) is 19.5 Å². The first-order chi connectivity index (χ1) is 11.5. The zero-order valence-corrected chi connectivity index (χ0v) is 15.3. The number of carbonyl (C=O) groups excluding carboxylic acids is 1. The molecule has 0 aliphatic carbocycles. The summed E-state index contributed by atoms with van der Waals surface area (Å²) in [4.78, 5) is 12.4. The van der Waals surface area contributed by atoms with Crippen molar-refractivity contribution in [3.63, 3.8) is 0 Å². The number of benzene rings is 1. The number of fused-ring (bicyclic) bond motifs is 1. The summed E-state index contributed by atoms with van der Waals surface area (Å²) in [6, 6.07) is 2.77. The van der Waals surface area contributed by atoms with Crippen molar-refractivity contribution >= 4 is 39.4 Å². The summed E-state index contributed by atoms with van der Waals surface area (Å²) in [6.45, 7) is 1.75. The Bertz CT molecular complexity index is 851. The number of methoxy groups -OCH3 is 2. The molecule has 8 nitrogen and oxygen atoms in total. The van der Waals surface area contributed by atoms with E-state index in [9.17, 15) is 4.79 Å². The van der Waals surface area contributed by atoms with Gasteiger partial charge in [0.25, 0.3) is 0 Å². The van der Waals surface area contributed by atoms with Crippen LogP contribution in [0.4, 0.5) is 5.95 Å². The van der Waals surface area contributed by atoms with E-state index in [1.165, 1.54) is 18.9 Å². The van der Waals surface area contributed by atoms with E-state index in [-0.39, 0.29) is 0 Å². The number of allylic oxidation sites excluding steroid dienone is 1. The van der Waals surface area contributed by atoms with Gasteiger partial charge in [0, 0.05) is 16.3 Å². The van der Waals surface area contributed by atoms with Crippen LogP contribution in [0.5, 0.6) is 5.75 Å². The largest absolute Gasteiger partial charge is 0.495 e. The number of nitrogens with one attached hydrogen (secondary N) is 1. The number of hydrogen-bond acceptors (Lipinski definition) is 7. The molecular formula is C14H13BrClN5O3. The molecule has 0 saturated heterocycles. The first-order valence-corrected chi connectivity index (χ1v) is 8.02. The smallest absolute Gasteiger partial charge is 0.338 e. The van der Waals surface area contributed by atoms with Gasteiger partial charge < -0.3 is 14.8 Å². The highest BCUT2D eigenvalue weighted by molar-refractivity contribution is 9.10. The van der Waals surface area contributed by atoms with E-state index in [2.05, 4.69) is 36.8 Å². The number of aromatic nitrogens is 4. The highest BCUT2D eigenvalue weighted by Gasteiger charge is 2.37. The molecular weight excluding hydrogens is 402 g/mol. The van der Waals surface area contributed by atoms with Gasteiger partial charge in [-0.05, 0) is 45.4 Å². The number of halogens is 2. The van der Waals surface area contributed by atoms with Crippen LogP contribution in [0.1, 0.15) is 18.5 Å². The number of esters is 1. The predicted octanol–water partition coefficient (Wildman–Crippen LogP) is 2.56. The van der Waals surface area contributed by atoms with Gasteiger partial charge in [-0.1, -0.05) is 16.7 Å². The second-order valence-electron chi connectivity index (χ2n) is 5.01. The summed E-state index contributed by atoms with van der Waals surface area (Å²) in [6.07, 6.45) is 0. The summed E-state index contributed by atoms with van der Waals surface area (Å²) >= 11 is 9.63. The highest BCUT2D eigenvalue weighted by atomic mass is 79.9. The lowest BCUT2D eigenvalue weighted by molar-refractivity contribution is -0.136. The van der Waals surface area contributed by atoms with Crippen LogP contribution < -0.4 is 10.1 Å². The molecule has 1 aromatic carbocycles. The maximum atomic E-state index is 12.4. The average Bonchev–Trinajstić information content (AvgIpc) is 3.00. The van der Waals surface area contributed by atoms with E-state index in [0.717, 1.165) is 0 Å². The Morgan fingerprint density at radius 3 is 2.83 bits per heavy atom.